The highest BCUT2D eigenvalue weighted by molar-refractivity contribution is 7.98. The van der Waals surface area contributed by atoms with Gasteiger partial charge < -0.3 is 19.5 Å². The maximum Gasteiger partial charge on any atom is 0.340 e. The number of ether oxygens (including phenoxy) is 3. The van der Waals surface area contributed by atoms with Crippen LogP contribution in [0.4, 0.5) is 5.69 Å². The van der Waals surface area contributed by atoms with Gasteiger partial charge >= 0.3 is 5.97 Å². The van der Waals surface area contributed by atoms with Gasteiger partial charge in [0.25, 0.3) is 5.91 Å². The first-order valence-corrected chi connectivity index (χ1v) is 9.87. The molecule has 0 saturated heterocycles. The molecule has 0 aromatic heterocycles. The van der Waals surface area contributed by atoms with Crippen LogP contribution in [0.15, 0.2) is 41.3 Å². The average molecular weight is 408 g/mol. The highest BCUT2D eigenvalue weighted by Crippen LogP contribution is 2.32. The first-order chi connectivity index (χ1) is 13.1. The zero-order valence-electron chi connectivity index (χ0n) is 14.6. The second kappa shape index (κ2) is 9.01. The molecule has 0 aliphatic carbocycles. The lowest BCUT2D eigenvalue weighted by atomic mass is 10.2. The van der Waals surface area contributed by atoms with Crippen LogP contribution in [0.2, 0.25) is 5.02 Å². The highest BCUT2D eigenvalue weighted by atomic mass is 35.5. The van der Waals surface area contributed by atoms with Crippen molar-refractivity contribution in [2.24, 2.45) is 0 Å². The van der Waals surface area contributed by atoms with Crippen molar-refractivity contribution in [3.8, 4) is 11.5 Å². The van der Waals surface area contributed by atoms with Crippen LogP contribution in [-0.4, -0.2) is 38.0 Å². The van der Waals surface area contributed by atoms with E-state index in [1.165, 1.54) is 11.8 Å². The van der Waals surface area contributed by atoms with Crippen molar-refractivity contribution in [3.63, 3.8) is 0 Å². The summed E-state index contributed by atoms with van der Waals surface area (Å²) in [5, 5.41) is 2.95. The lowest BCUT2D eigenvalue weighted by Gasteiger charge is -2.11. The standard InChI is InChI=1S/C19H18ClNO5S/c1-27-13-4-5-15(20)14(10-13)19(23)26-11-18(22)21-12-3-6-16-17(9-12)25-8-2-7-24-16/h3-6,9-10H,2,7-8,11H2,1H3,(H,21,22). The molecule has 2 aromatic rings. The van der Waals surface area contributed by atoms with Crippen LogP contribution >= 0.6 is 23.4 Å². The molecule has 1 aliphatic rings. The summed E-state index contributed by atoms with van der Waals surface area (Å²) < 4.78 is 16.2. The molecule has 1 aliphatic heterocycles. The Morgan fingerprint density at radius 3 is 2.70 bits per heavy atom. The van der Waals surface area contributed by atoms with Gasteiger partial charge in [-0.25, -0.2) is 4.79 Å². The number of thioether (sulfide) groups is 1. The molecule has 0 bridgehead atoms. The Bertz CT molecular complexity index is 858. The molecule has 8 heteroatoms. The van der Waals surface area contributed by atoms with E-state index in [-0.39, 0.29) is 10.6 Å². The third-order valence-corrected chi connectivity index (χ3v) is 4.81. The topological polar surface area (TPSA) is 73.9 Å². The van der Waals surface area contributed by atoms with Gasteiger partial charge in [0.2, 0.25) is 0 Å². The van der Waals surface area contributed by atoms with E-state index in [0.29, 0.717) is 30.4 Å². The third kappa shape index (κ3) is 5.08. The van der Waals surface area contributed by atoms with Crippen LogP contribution in [0.1, 0.15) is 16.8 Å². The van der Waals surface area contributed by atoms with E-state index in [1.807, 2.05) is 6.26 Å². The van der Waals surface area contributed by atoms with Gasteiger partial charge in [-0.05, 0) is 36.6 Å². The summed E-state index contributed by atoms with van der Waals surface area (Å²) >= 11 is 7.52. The SMILES string of the molecule is CSc1ccc(Cl)c(C(=O)OCC(=O)Nc2ccc3c(c2)OCCCO3)c1. The Hall–Kier alpha value is -2.38. The number of carbonyl (C=O) groups is 2. The Morgan fingerprint density at radius 1 is 1.15 bits per heavy atom. The minimum absolute atomic E-state index is 0.229. The summed E-state index contributed by atoms with van der Waals surface area (Å²) in [6.45, 7) is 0.722. The number of halogens is 1. The Morgan fingerprint density at radius 2 is 1.93 bits per heavy atom. The first kappa shape index (κ1) is 19.4. The predicted octanol–water partition coefficient (Wildman–Crippen LogP) is 4.02. The largest absolute Gasteiger partial charge is 0.490 e. The molecule has 0 fully saturated rings. The molecule has 0 radical (unpaired) electrons. The van der Waals surface area contributed by atoms with Crippen molar-refractivity contribution in [3.05, 3.63) is 47.0 Å². The molecule has 2 aromatic carbocycles. The molecule has 1 heterocycles. The maximum atomic E-state index is 12.2. The van der Waals surface area contributed by atoms with E-state index in [9.17, 15) is 9.59 Å². The lowest BCUT2D eigenvalue weighted by molar-refractivity contribution is -0.119. The second-order valence-corrected chi connectivity index (χ2v) is 6.97. The van der Waals surface area contributed by atoms with Crippen molar-refractivity contribution in [2.45, 2.75) is 11.3 Å². The quantitative estimate of drug-likeness (QED) is 0.596. The van der Waals surface area contributed by atoms with Gasteiger partial charge in [0.05, 0.1) is 23.8 Å². The van der Waals surface area contributed by atoms with Crippen LogP contribution in [0.3, 0.4) is 0 Å². The van der Waals surface area contributed by atoms with Crippen LogP contribution in [0.5, 0.6) is 11.5 Å². The fraction of sp³-hybridized carbons (Fsp3) is 0.263. The molecular formula is C19H18ClNO5S. The summed E-state index contributed by atoms with van der Waals surface area (Å²) in [4.78, 5) is 25.2. The van der Waals surface area contributed by atoms with Gasteiger partial charge in [0.1, 0.15) is 0 Å². The van der Waals surface area contributed by atoms with Crippen molar-refractivity contribution < 1.29 is 23.8 Å². The Labute approximate surface area is 166 Å². The van der Waals surface area contributed by atoms with Crippen molar-refractivity contribution in [1.82, 2.24) is 0 Å². The number of benzene rings is 2. The number of fused-ring (bicyclic) bond motifs is 1. The van der Waals surface area contributed by atoms with E-state index in [4.69, 9.17) is 25.8 Å². The average Bonchev–Trinajstić information content (AvgIpc) is 2.91. The lowest BCUT2D eigenvalue weighted by Crippen LogP contribution is -2.21. The molecule has 142 valence electrons. The Kier molecular flexibility index (Phi) is 6.47. The number of carbonyl (C=O) groups excluding carboxylic acids is 2. The van der Waals surface area contributed by atoms with Crippen LogP contribution in [0.25, 0.3) is 0 Å². The highest BCUT2D eigenvalue weighted by Gasteiger charge is 2.16. The fourth-order valence-corrected chi connectivity index (χ4v) is 3.07. The summed E-state index contributed by atoms with van der Waals surface area (Å²) in [6, 6.07) is 10.2. The minimum Gasteiger partial charge on any atom is -0.490 e. The molecule has 6 nitrogen and oxygen atoms in total. The van der Waals surface area contributed by atoms with Crippen LogP contribution in [0, 0.1) is 0 Å². The normalized spacial score (nSPS) is 12.8. The molecule has 0 atom stereocenters. The molecule has 0 saturated carbocycles. The molecule has 3 rings (SSSR count). The van der Waals surface area contributed by atoms with Gasteiger partial charge in [-0.2, -0.15) is 0 Å². The van der Waals surface area contributed by atoms with Gasteiger partial charge in [0, 0.05) is 23.1 Å². The number of amides is 1. The monoisotopic (exact) mass is 407 g/mol. The van der Waals surface area contributed by atoms with E-state index in [1.54, 1.807) is 36.4 Å². The number of hydrogen-bond donors (Lipinski definition) is 1. The molecule has 27 heavy (non-hydrogen) atoms. The number of rotatable bonds is 5. The molecular weight excluding hydrogens is 390 g/mol. The third-order valence-electron chi connectivity index (χ3n) is 3.76. The van der Waals surface area contributed by atoms with E-state index < -0.39 is 18.5 Å². The van der Waals surface area contributed by atoms with Crippen molar-refractivity contribution in [1.29, 1.82) is 0 Å². The summed E-state index contributed by atoms with van der Waals surface area (Å²) in [5.41, 5.74) is 0.759. The molecule has 1 N–H and O–H groups in total. The first-order valence-electron chi connectivity index (χ1n) is 8.27. The number of anilines is 1. The predicted molar refractivity (Wildman–Crippen MR) is 104 cm³/mol. The summed E-state index contributed by atoms with van der Waals surface area (Å²) in [6.07, 6.45) is 2.69. The number of hydrogen-bond acceptors (Lipinski definition) is 6. The molecule has 1 amide bonds. The van der Waals surface area contributed by atoms with Crippen molar-refractivity contribution in [2.75, 3.05) is 31.4 Å². The van der Waals surface area contributed by atoms with E-state index in [0.717, 1.165) is 11.3 Å². The van der Waals surface area contributed by atoms with Gasteiger partial charge in [-0.1, -0.05) is 11.6 Å². The fourth-order valence-electron chi connectivity index (χ4n) is 2.43. The zero-order chi connectivity index (χ0) is 19.2. The van der Waals surface area contributed by atoms with Gasteiger partial charge in [-0.3, -0.25) is 4.79 Å². The second-order valence-electron chi connectivity index (χ2n) is 5.68. The van der Waals surface area contributed by atoms with Gasteiger partial charge in [0.15, 0.2) is 18.1 Å². The Balaban J connectivity index is 1.58. The van der Waals surface area contributed by atoms with Crippen LogP contribution < -0.4 is 14.8 Å². The van der Waals surface area contributed by atoms with Crippen molar-refractivity contribution >= 4 is 40.9 Å². The summed E-state index contributed by atoms with van der Waals surface area (Å²) in [5.74, 6) is 0.0999. The zero-order valence-corrected chi connectivity index (χ0v) is 16.2. The number of nitrogens with one attached hydrogen (secondary N) is 1. The van der Waals surface area contributed by atoms with E-state index in [2.05, 4.69) is 5.32 Å². The smallest absolute Gasteiger partial charge is 0.340 e. The van der Waals surface area contributed by atoms with E-state index >= 15 is 0 Å². The minimum atomic E-state index is -0.648. The molecule has 0 unspecified atom stereocenters. The summed E-state index contributed by atoms with van der Waals surface area (Å²) in [7, 11) is 0. The number of esters is 1. The maximum absolute atomic E-state index is 12.2. The molecule has 0 spiro atoms. The van der Waals surface area contributed by atoms with Crippen LogP contribution in [-0.2, 0) is 9.53 Å². The van der Waals surface area contributed by atoms with Gasteiger partial charge in [-0.15, -0.1) is 11.8 Å².